The van der Waals surface area contributed by atoms with Crippen molar-refractivity contribution in [1.82, 2.24) is 4.90 Å². The highest BCUT2D eigenvalue weighted by atomic mass is 16.3. The fourth-order valence-electron chi connectivity index (χ4n) is 2.48. The minimum Gasteiger partial charge on any atom is -0.392 e. The smallest absolute Gasteiger partial charge is 0.0695 e. The van der Waals surface area contributed by atoms with Crippen LogP contribution in [0, 0.1) is 5.92 Å². The van der Waals surface area contributed by atoms with Crippen molar-refractivity contribution in [2.75, 3.05) is 13.1 Å². The van der Waals surface area contributed by atoms with Crippen LogP contribution in [0.1, 0.15) is 45.4 Å². The summed E-state index contributed by atoms with van der Waals surface area (Å²) < 4.78 is 0. The minimum atomic E-state index is -0.0458. The van der Waals surface area contributed by atoms with Crippen LogP contribution >= 0.6 is 0 Å². The van der Waals surface area contributed by atoms with Gasteiger partial charge >= 0.3 is 0 Å². The molecular weight excluding hydrogens is 174 g/mol. The molecule has 0 radical (unpaired) electrons. The predicted octanol–water partition coefficient (Wildman–Crippen LogP) is 2.02. The van der Waals surface area contributed by atoms with Crippen LogP contribution in [0.2, 0.25) is 0 Å². The van der Waals surface area contributed by atoms with Gasteiger partial charge in [-0.15, -0.1) is 0 Å². The molecule has 1 aliphatic carbocycles. The van der Waals surface area contributed by atoms with E-state index in [9.17, 15) is 5.11 Å². The lowest BCUT2D eigenvalue weighted by molar-refractivity contribution is 0.0780. The Kier molecular flexibility index (Phi) is 3.45. The van der Waals surface area contributed by atoms with Gasteiger partial charge < -0.3 is 5.11 Å². The summed E-state index contributed by atoms with van der Waals surface area (Å²) in [6.07, 6.45) is 7.85. The Labute approximate surface area is 87.3 Å². The number of hydrogen-bond acceptors (Lipinski definition) is 2. The Morgan fingerprint density at radius 1 is 1.21 bits per heavy atom. The number of aliphatic hydroxyl groups excluding tert-OH is 1. The molecule has 1 aliphatic heterocycles. The standard InChI is InChI=1S/C12H23NO/c1-10-5-3-2-4-8-13(10)9-12(14)11-6-7-11/h10-12,14H,2-9H2,1H3. The van der Waals surface area contributed by atoms with E-state index in [-0.39, 0.29) is 6.10 Å². The first-order chi connectivity index (χ1) is 6.77. The highest BCUT2D eigenvalue weighted by Gasteiger charge is 2.31. The maximum absolute atomic E-state index is 9.91. The predicted molar refractivity (Wildman–Crippen MR) is 58.2 cm³/mol. The van der Waals surface area contributed by atoms with E-state index in [1.54, 1.807) is 0 Å². The first-order valence-corrected chi connectivity index (χ1v) is 6.19. The van der Waals surface area contributed by atoms with Crippen molar-refractivity contribution in [3.63, 3.8) is 0 Å². The van der Waals surface area contributed by atoms with Gasteiger partial charge in [0.05, 0.1) is 6.10 Å². The van der Waals surface area contributed by atoms with Gasteiger partial charge in [-0.3, -0.25) is 4.90 Å². The van der Waals surface area contributed by atoms with Gasteiger partial charge in [-0.1, -0.05) is 12.8 Å². The van der Waals surface area contributed by atoms with Crippen LogP contribution in [-0.4, -0.2) is 35.2 Å². The molecule has 2 atom stereocenters. The number of nitrogens with zero attached hydrogens (tertiary/aromatic N) is 1. The molecule has 0 spiro atoms. The van der Waals surface area contributed by atoms with Gasteiger partial charge in [-0.25, -0.2) is 0 Å². The summed E-state index contributed by atoms with van der Waals surface area (Å²) in [5, 5.41) is 9.91. The molecule has 2 nitrogen and oxygen atoms in total. The second kappa shape index (κ2) is 4.63. The molecule has 1 saturated carbocycles. The van der Waals surface area contributed by atoms with Gasteiger partial charge in [-0.2, -0.15) is 0 Å². The molecule has 14 heavy (non-hydrogen) atoms. The van der Waals surface area contributed by atoms with Gasteiger partial charge in [0, 0.05) is 12.6 Å². The Morgan fingerprint density at radius 2 is 2.00 bits per heavy atom. The fourth-order valence-corrected chi connectivity index (χ4v) is 2.48. The van der Waals surface area contributed by atoms with Gasteiger partial charge in [0.25, 0.3) is 0 Å². The van der Waals surface area contributed by atoms with Crippen molar-refractivity contribution in [2.45, 2.75) is 57.6 Å². The molecule has 0 aromatic rings. The van der Waals surface area contributed by atoms with E-state index in [4.69, 9.17) is 0 Å². The Bertz CT molecular complexity index is 179. The van der Waals surface area contributed by atoms with E-state index in [0.29, 0.717) is 12.0 Å². The third kappa shape index (κ3) is 2.71. The zero-order valence-electron chi connectivity index (χ0n) is 9.28. The summed E-state index contributed by atoms with van der Waals surface area (Å²) in [6, 6.07) is 0.686. The summed E-state index contributed by atoms with van der Waals surface area (Å²) in [7, 11) is 0. The van der Waals surface area contributed by atoms with Crippen molar-refractivity contribution in [3.8, 4) is 0 Å². The van der Waals surface area contributed by atoms with Crippen molar-refractivity contribution in [1.29, 1.82) is 0 Å². The highest BCUT2D eigenvalue weighted by Crippen LogP contribution is 2.33. The molecular formula is C12H23NO. The van der Waals surface area contributed by atoms with Crippen molar-refractivity contribution >= 4 is 0 Å². The Balaban J connectivity index is 1.80. The van der Waals surface area contributed by atoms with Crippen molar-refractivity contribution in [2.24, 2.45) is 5.92 Å². The monoisotopic (exact) mass is 197 g/mol. The minimum absolute atomic E-state index is 0.0458. The maximum atomic E-state index is 9.91. The average Bonchev–Trinajstić information content (AvgIpc) is 2.95. The zero-order valence-corrected chi connectivity index (χ0v) is 9.28. The van der Waals surface area contributed by atoms with E-state index in [1.807, 2.05) is 0 Å². The van der Waals surface area contributed by atoms with Gasteiger partial charge in [0.2, 0.25) is 0 Å². The van der Waals surface area contributed by atoms with Crippen LogP contribution in [0.25, 0.3) is 0 Å². The molecule has 2 fully saturated rings. The normalized spacial score (nSPS) is 32.6. The van der Waals surface area contributed by atoms with Crippen LogP contribution in [0.5, 0.6) is 0 Å². The molecule has 2 unspecified atom stereocenters. The van der Waals surface area contributed by atoms with Crippen LogP contribution in [0.4, 0.5) is 0 Å². The highest BCUT2D eigenvalue weighted by molar-refractivity contribution is 4.84. The number of hydrogen-bond donors (Lipinski definition) is 1. The van der Waals surface area contributed by atoms with Crippen molar-refractivity contribution < 1.29 is 5.11 Å². The summed E-state index contributed by atoms with van der Waals surface area (Å²) in [4.78, 5) is 2.50. The Morgan fingerprint density at radius 3 is 2.71 bits per heavy atom. The van der Waals surface area contributed by atoms with Crippen LogP contribution in [0.3, 0.4) is 0 Å². The van der Waals surface area contributed by atoms with E-state index in [1.165, 1.54) is 45.1 Å². The van der Waals surface area contributed by atoms with E-state index in [2.05, 4.69) is 11.8 Å². The number of aliphatic hydroxyl groups is 1. The summed E-state index contributed by atoms with van der Waals surface area (Å²) in [5.74, 6) is 0.630. The van der Waals surface area contributed by atoms with Crippen LogP contribution < -0.4 is 0 Å². The molecule has 0 amide bonds. The number of rotatable bonds is 3. The molecule has 1 heterocycles. The number of likely N-dealkylation sites (tertiary alicyclic amines) is 1. The average molecular weight is 197 g/mol. The van der Waals surface area contributed by atoms with Crippen LogP contribution in [0.15, 0.2) is 0 Å². The molecule has 0 aromatic carbocycles. The SMILES string of the molecule is CC1CCCCCN1CC(O)C1CC1. The second-order valence-electron chi connectivity index (χ2n) is 5.10. The molecule has 2 heteroatoms. The zero-order chi connectivity index (χ0) is 9.97. The fraction of sp³-hybridized carbons (Fsp3) is 1.00. The Hall–Kier alpha value is -0.0800. The lowest BCUT2D eigenvalue weighted by Gasteiger charge is -2.29. The molecule has 0 aromatic heterocycles. The van der Waals surface area contributed by atoms with E-state index >= 15 is 0 Å². The van der Waals surface area contributed by atoms with Gasteiger partial charge in [0.1, 0.15) is 0 Å². The molecule has 82 valence electrons. The van der Waals surface area contributed by atoms with Gasteiger partial charge in [0.15, 0.2) is 0 Å². The second-order valence-corrected chi connectivity index (χ2v) is 5.10. The molecule has 2 aliphatic rings. The number of β-amino-alcohol motifs (C(OH)–C–C–N with tert-alkyl or cyclic N) is 1. The first-order valence-electron chi connectivity index (χ1n) is 6.19. The summed E-state index contributed by atoms with van der Waals surface area (Å²) in [5.41, 5.74) is 0. The quantitative estimate of drug-likeness (QED) is 0.748. The maximum Gasteiger partial charge on any atom is 0.0695 e. The van der Waals surface area contributed by atoms with Crippen LogP contribution in [-0.2, 0) is 0 Å². The lowest BCUT2D eigenvalue weighted by Crippen LogP contribution is -2.39. The molecule has 0 bridgehead atoms. The topological polar surface area (TPSA) is 23.5 Å². The largest absolute Gasteiger partial charge is 0.392 e. The summed E-state index contributed by atoms with van der Waals surface area (Å²) >= 11 is 0. The lowest BCUT2D eigenvalue weighted by atomic mass is 10.1. The van der Waals surface area contributed by atoms with Crippen molar-refractivity contribution in [3.05, 3.63) is 0 Å². The molecule has 1 N–H and O–H groups in total. The third-order valence-corrected chi connectivity index (χ3v) is 3.78. The van der Waals surface area contributed by atoms with Gasteiger partial charge in [-0.05, 0) is 45.1 Å². The third-order valence-electron chi connectivity index (χ3n) is 3.78. The molecule has 2 rings (SSSR count). The summed E-state index contributed by atoms with van der Waals surface area (Å²) in [6.45, 7) is 4.43. The van der Waals surface area contributed by atoms with E-state index in [0.717, 1.165) is 6.54 Å². The first kappa shape index (κ1) is 10.4. The van der Waals surface area contributed by atoms with E-state index < -0.39 is 0 Å². The molecule has 1 saturated heterocycles.